The van der Waals surface area contributed by atoms with Crippen molar-refractivity contribution in [3.8, 4) is 16.9 Å². The molecule has 0 aliphatic carbocycles. The van der Waals surface area contributed by atoms with Crippen LogP contribution in [0.4, 0.5) is 29.9 Å². The molecule has 35 heavy (non-hydrogen) atoms. The topological polar surface area (TPSA) is 107 Å². The predicted octanol–water partition coefficient (Wildman–Crippen LogP) is 4.28. The number of benzene rings is 2. The number of carboxylic acid groups (broad SMARTS) is 1. The lowest BCUT2D eigenvalue weighted by Crippen LogP contribution is -2.49. The number of hydrogen-bond donors (Lipinski definition) is 3. The number of ether oxygens (including phenoxy) is 1. The van der Waals surface area contributed by atoms with Gasteiger partial charge in [-0.3, -0.25) is 5.32 Å². The van der Waals surface area contributed by atoms with Crippen molar-refractivity contribution < 1.29 is 28.2 Å². The Balaban J connectivity index is 1.75. The molecule has 3 amide bonds. The normalized spacial score (nSPS) is 15.5. The highest BCUT2D eigenvalue weighted by Gasteiger charge is 2.31. The predicted molar refractivity (Wildman–Crippen MR) is 126 cm³/mol. The Hall–Kier alpha value is -3.86. The number of pyridine rings is 1. The third-order valence-corrected chi connectivity index (χ3v) is 6.51. The lowest BCUT2D eigenvalue weighted by atomic mass is 9.98. The van der Waals surface area contributed by atoms with E-state index in [4.69, 9.17) is 16.3 Å². The molecule has 2 aromatic carbocycles. The van der Waals surface area contributed by atoms with Crippen molar-refractivity contribution in [2.24, 2.45) is 0 Å². The van der Waals surface area contributed by atoms with Gasteiger partial charge in [0.05, 0.1) is 29.9 Å². The van der Waals surface area contributed by atoms with Crippen LogP contribution in [0.25, 0.3) is 22.0 Å². The quantitative estimate of drug-likeness (QED) is 0.492. The van der Waals surface area contributed by atoms with E-state index in [0.29, 0.717) is 29.7 Å². The van der Waals surface area contributed by atoms with Crippen LogP contribution >= 0.6 is 11.6 Å². The van der Waals surface area contributed by atoms with Crippen molar-refractivity contribution in [3.05, 3.63) is 46.5 Å². The van der Waals surface area contributed by atoms with Crippen molar-refractivity contribution in [1.82, 2.24) is 15.2 Å². The second-order valence-electron chi connectivity index (χ2n) is 8.11. The van der Waals surface area contributed by atoms with Gasteiger partial charge in [-0.2, -0.15) is 0 Å². The third-order valence-electron chi connectivity index (χ3n) is 6.21. The summed E-state index contributed by atoms with van der Waals surface area (Å²) in [5.41, 5.74) is 0.749. The fourth-order valence-corrected chi connectivity index (χ4v) is 4.86. The molecule has 0 spiro atoms. The van der Waals surface area contributed by atoms with E-state index in [1.54, 1.807) is 0 Å². The lowest BCUT2D eigenvalue weighted by Gasteiger charge is -2.37. The van der Waals surface area contributed by atoms with Gasteiger partial charge in [0, 0.05) is 42.7 Å². The fourth-order valence-electron chi connectivity index (χ4n) is 4.57. The molecular formula is C23H20ClF2N5O4. The molecule has 9 nitrogen and oxygen atoms in total. The molecule has 0 unspecified atom stereocenters. The molecule has 1 fully saturated rings. The average Bonchev–Trinajstić information content (AvgIpc) is 2.84. The second-order valence-corrected chi connectivity index (χ2v) is 8.52. The summed E-state index contributed by atoms with van der Waals surface area (Å²) in [5, 5.41) is 14.9. The number of hydrogen-bond acceptors (Lipinski definition) is 5. The van der Waals surface area contributed by atoms with E-state index in [2.05, 4.69) is 15.6 Å². The van der Waals surface area contributed by atoms with Crippen LogP contribution < -0.4 is 20.3 Å². The summed E-state index contributed by atoms with van der Waals surface area (Å²) >= 11 is 6.55. The maximum absolute atomic E-state index is 16.1. The number of halogens is 3. The Labute approximate surface area is 203 Å². The first-order valence-corrected chi connectivity index (χ1v) is 11.1. The minimum absolute atomic E-state index is 0.0432. The summed E-state index contributed by atoms with van der Waals surface area (Å²) in [5.74, 6) is -1.31. The van der Waals surface area contributed by atoms with Crippen molar-refractivity contribution >= 4 is 46.1 Å². The first kappa shape index (κ1) is 22.9. The minimum atomic E-state index is -1.02. The highest BCUT2D eigenvalue weighted by molar-refractivity contribution is 6.34. The van der Waals surface area contributed by atoms with Gasteiger partial charge in [-0.15, -0.1) is 0 Å². The monoisotopic (exact) mass is 503 g/mol. The van der Waals surface area contributed by atoms with Crippen LogP contribution in [0.5, 0.6) is 5.75 Å². The summed E-state index contributed by atoms with van der Waals surface area (Å²) in [6, 6.07) is 5.15. The number of amides is 3. The van der Waals surface area contributed by atoms with Gasteiger partial charge < -0.3 is 25.0 Å². The molecule has 3 heterocycles. The van der Waals surface area contributed by atoms with Gasteiger partial charge in [-0.1, -0.05) is 17.7 Å². The molecule has 2 aliphatic rings. The van der Waals surface area contributed by atoms with Crippen LogP contribution in [0.15, 0.2) is 24.3 Å². The first-order valence-electron chi connectivity index (χ1n) is 10.7. The van der Waals surface area contributed by atoms with Crippen molar-refractivity contribution in [1.29, 1.82) is 0 Å². The van der Waals surface area contributed by atoms with Gasteiger partial charge in [-0.25, -0.2) is 23.4 Å². The summed E-state index contributed by atoms with van der Waals surface area (Å²) in [7, 11) is 1.34. The molecule has 0 radical (unpaired) electrons. The molecule has 3 N–H and O–H groups in total. The Morgan fingerprint density at radius 1 is 1.20 bits per heavy atom. The van der Waals surface area contributed by atoms with E-state index >= 15 is 4.39 Å². The summed E-state index contributed by atoms with van der Waals surface area (Å²) in [4.78, 5) is 30.9. The van der Waals surface area contributed by atoms with Crippen LogP contribution in [0, 0.1) is 11.6 Å². The summed E-state index contributed by atoms with van der Waals surface area (Å²) < 4.78 is 36.2. The van der Waals surface area contributed by atoms with Gasteiger partial charge >= 0.3 is 12.1 Å². The fraction of sp³-hybridized carbons (Fsp3) is 0.261. The standard InChI is InChI=1S/C23H20ClF2N5O4/c1-35-15-4-2-3-14(25)17(15)16-13(24)9-11-19(18(16)26)28-21-12(10-27-22(32)29-21)20(11)30-5-7-31(8-6-30)23(33)34/h2-4,9H,5-8,10H2,1H3,(H,33,34)(H2,27,28,29,32). The zero-order chi connectivity index (χ0) is 24.9. The molecule has 0 bridgehead atoms. The van der Waals surface area contributed by atoms with Gasteiger partial charge in [0.2, 0.25) is 0 Å². The van der Waals surface area contributed by atoms with Crippen LogP contribution in [0.1, 0.15) is 5.56 Å². The number of piperazine rings is 1. The number of fused-ring (bicyclic) bond motifs is 2. The van der Waals surface area contributed by atoms with Crippen LogP contribution in [0.3, 0.4) is 0 Å². The number of nitrogens with zero attached hydrogens (tertiary/aromatic N) is 3. The van der Waals surface area contributed by atoms with Crippen LogP contribution in [-0.2, 0) is 6.54 Å². The Kier molecular flexibility index (Phi) is 5.72. The molecule has 2 aliphatic heterocycles. The van der Waals surface area contributed by atoms with Crippen molar-refractivity contribution in [2.75, 3.05) is 43.5 Å². The Morgan fingerprint density at radius 2 is 1.94 bits per heavy atom. The Morgan fingerprint density at radius 3 is 2.63 bits per heavy atom. The van der Waals surface area contributed by atoms with Gasteiger partial charge in [0.1, 0.15) is 22.9 Å². The van der Waals surface area contributed by atoms with Gasteiger partial charge in [-0.05, 0) is 18.2 Å². The highest BCUT2D eigenvalue weighted by atomic mass is 35.5. The van der Waals surface area contributed by atoms with Crippen LogP contribution in [-0.4, -0.2) is 60.4 Å². The number of aromatic nitrogens is 1. The van der Waals surface area contributed by atoms with E-state index in [1.165, 1.54) is 36.3 Å². The lowest BCUT2D eigenvalue weighted by molar-refractivity contribution is 0.142. The van der Waals surface area contributed by atoms with E-state index < -0.39 is 23.8 Å². The molecule has 1 aromatic heterocycles. The summed E-state index contributed by atoms with van der Waals surface area (Å²) in [6.45, 7) is 1.31. The minimum Gasteiger partial charge on any atom is -0.496 e. The number of carbonyl (C=O) groups excluding carboxylic acids is 1. The molecule has 5 rings (SSSR count). The molecule has 0 saturated carbocycles. The number of urea groups is 1. The largest absolute Gasteiger partial charge is 0.496 e. The maximum Gasteiger partial charge on any atom is 0.407 e. The zero-order valence-electron chi connectivity index (χ0n) is 18.5. The number of rotatable bonds is 3. The average molecular weight is 504 g/mol. The second kappa shape index (κ2) is 8.73. The number of nitrogens with one attached hydrogen (secondary N) is 2. The number of anilines is 2. The first-order chi connectivity index (χ1) is 16.8. The highest BCUT2D eigenvalue weighted by Crippen LogP contribution is 2.45. The molecule has 3 aromatic rings. The molecule has 12 heteroatoms. The van der Waals surface area contributed by atoms with E-state index in [0.717, 1.165) is 0 Å². The summed E-state index contributed by atoms with van der Waals surface area (Å²) in [6.07, 6.45) is -1.02. The van der Waals surface area contributed by atoms with E-state index in [1.807, 2.05) is 4.90 Å². The zero-order valence-corrected chi connectivity index (χ0v) is 19.2. The van der Waals surface area contributed by atoms with Gasteiger partial charge in [0.25, 0.3) is 0 Å². The third kappa shape index (κ3) is 3.81. The SMILES string of the molecule is COc1cccc(F)c1-c1c(Cl)cc2c(N3CCN(C(=O)O)CC3)c3c(nc2c1F)NC(=O)NC3. The van der Waals surface area contributed by atoms with Crippen molar-refractivity contribution in [3.63, 3.8) is 0 Å². The van der Waals surface area contributed by atoms with Crippen molar-refractivity contribution in [2.45, 2.75) is 6.54 Å². The van der Waals surface area contributed by atoms with Crippen LogP contribution in [0.2, 0.25) is 5.02 Å². The number of methoxy groups -OCH3 is 1. The van der Waals surface area contributed by atoms with Gasteiger partial charge in [0.15, 0.2) is 5.82 Å². The number of carbonyl (C=O) groups is 2. The Bertz CT molecular complexity index is 1380. The smallest absolute Gasteiger partial charge is 0.407 e. The van der Waals surface area contributed by atoms with E-state index in [-0.39, 0.29) is 52.9 Å². The maximum atomic E-state index is 16.1. The molecule has 182 valence electrons. The molecule has 0 atom stereocenters. The molecular weight excluding hydrogens is 484 g/mol. The molecule has 1 saturated heterocycles. The van der Waals surface area contributed by atoms with E-state index in [9.17, 15) is 19.1 Å².